The molecule has 4 unspecified atom stereocenters. The Labute approximate surface area is 225 Å². The van der Waals surface area contributed by atoms with Crippen molar-refractivity contribution in [1.29, 1.82) is 0 Å². The predicted octanol–water partition coefficient (Wildman–Crippen LogP) is 3.94. The summed E-state index contributed by atoms with van der Waals surface area (Å²) in [4.78, 5) is 66.6. The van der Waals surface area contributed by atoms with Gasteiger partial charge in [-0.05, 0) is 78.0 Å². The third kappa shape index (κ3) is 3.56. The molecule has 0 spiro atoms. The number of ketones is 3. The molecule has 9 heteroatoms. The van der Waals surface area contributed by atoms with Crippen LogP contribution in [0.25, 0.3) is 0 Å². The number of allylic oxidation sites excluding steroid dienone is 6. The van der Waals surface area contributed by atoms with E-state index in [2.05, 4.69) is 15.9 Å². The van der Waals surface area contributed by atoms with Crippen LogP contribution >= 0.6 is 15.9 Å². The first-order valence-corrected chi connectivity index (χ1v) is 13.1. The molecule has 2 aromatic rings. The highest BCUT2D eigenvalue weighted by molar-refractivity contribution is 9.12. The van der Waals surface area contributed by atoms with Gasteiger partial charge >= 0.3 is 0 Å². The molecule has 1 saturated heterocycles. The minimum Gasteiger partial charge on any atom is -0.463 e. The first kappa shape index (κ1) is 24.6. The number of aliphatic hydroxyl groups is 1. The van der Waals surface area contributed by atoms with Gasteiger partial charge in [0.1, 0.15) is 18.1 Å². The summed E-state index contributed by atoms with van der Waals surface area (Å²) in [6.07, 6.45) is 3.61. The van der Waals surface area contributed by atoms with Crippen molar-refractivity contribution in [1.82, 2.24) is 0 Å². The summed E-state index contributed by atoms with van der Waals surface area (Å²) in [5, 5.41) is 9.55. The number of hydrogen-bond acceptors (Lipinski definition) is 7. The van der Waals surface area contributed by atoms with Crippen molar-refractivity contribution in [2.75, 3.05) is 4.90 Å². The van der Waals surface area contributed by atoms with Crippen LogP contribution in [0.1, 0.15) is 47.6 Å². The van der Waals surface area contributed by atoms with E-state index in [9.17, 15) is 29.1 Å². The number of nitrogens with zero attached hydrogens (tertiary/aromatic N) is 1. The lowest BCUT2D eigenvalue weighted by atomic mass is 9.60. The Morgan fingerprint density at radius 3 is 2.45 bits per heavy atom. The maximum absolute atomic E-state index is 13.9. The second-order valence-electron chi connectivity index (χ2n) is 9.97. The molecule has 1 fully saturated rings. The number of anilines is 1. The molecular weight excluding hydrogens is 554 g/mol. The topological polar surface area (TPSA) is 122 Å². The molecule has 6 rings (SSSR count). The Balaban J connectivity index is 1.44. The number of aliphatic hydroxyl groups excluding tert-OH is 1. The van der Waals surface area contributed by atoms with Gasteiger partial charge in [0.05, 0.1) is 27.9 Å². The van der Waals surface area contributed by atoms with E-state index in [-0.39, 0.29) is 46.7 Å². The fourth-order valence-electron chi connectivity index (χ4n) is 6.27. The molecular formula is C29H22BrNO7. The number of fused-ring (bicyclic) bond motifs is 3. The number of imide groups is 1. The minimum absolute atomic E-state index is 0.121. The molecule has 8 nitrogen and oxygen atoms in total. The molecule has 2 heterocycles. The van der Waals surface area contributed by atoms with Crippen LogP contribution < -0.4 is 4.90 Å². The molecule has 4 aliphatic rings. The second-order valence-corrected chi connectivity index (χ2v) is 10.8. The van der Waals surface area contributed by atoms with Gasteiger partial charge in [0.2, 0.25) is 11.8 Å². The minimum atomic E-state index is -0.716. The highest BCUT2D eigenvalue weighted by Gasteiger charge is 2.57. The van der Waals surface area contributed by atoms with Crippen LogP contribution in [0.3, 0.4) is 0 Å². The van der Waals surface area contributed by atoms with Crippen LogP contribution in [0.5, 0.6) is 0 Å². The summed E-state index contributed by atoms with van der Waals surface area (Å²) >= 11 is 3.20. The smallest absolute Gasteiger partial charge is 0.238 e. The van der Waals surface area contributed by atoms with Crippen molar-refractivity contribution in [2.24, 2.45) is 17.8 Å². The summed E-state index contributed by atoms with van der Waals surface area (Å²) in [5.74, 6) is -3.26. The molecule has 1 aromatic heterocycles. The second kappa shape index (κ2) is 8.96. The Bertz CT molecular complexity index is 1540. The standard InChI is InChI=1S/C29H22BrNO7/c1-13(33)14-2-4-15(5-3-14)31-28(36)18-8-7-17-19(24(18)29(31)37)10-20-25(22(34)11-21(30)27(20)35)26(17)23-9-6-16(12-32)38-23/h2-7,9,11,18-19,24,26,32H,8,10,12H2,1H3. The van der Waals surface area contributed by atoms with E-state index < -0.39 is 23.7 Å². The van der Waals surface area contributed by atoms with Crippen LogP contribution in [0, 0.1) is 17.8 Å². The zero-order valence-electron chi connectivity index (χ0n) is 20.3. The summed E-state index contributed by atoms with van der Waals surface area (Å²) in [6, 6.07) is 9.64. The number of halogens is 1. The predicted molar refractivity (Wildman–Crippen MR) is 138 cm³/mol. The van der Waals surface area contributed by atoms with E-state index in [1.54, 1.807) is 36.4 Å². The van der Waals surface area contributed by atoms with Crippen molar-refractivity contribution in [3.05, 3.63) is 86.8 Å². The maximum Gasteiger partial charge on any atom is 0.238 e. The number of carbonyl (C=O) groups is 5. The molecule has 1 N–H and O–H groups in total. The van der Waals surface area contributed by atoms with Gasteiger partial charge in [-0.2, -0.15) is 0 Å². The lowest BCUT2D eigenvalue weighted by molar-refractivity contribution is -0.123. The largest absolute Gasteiger partial charge is 0.463 e. The van der Waals surface area contributed by atoms with Crippen LogP contribution in [0.2, 0.25) is 0 Å². The zero-order valence-corrected chi connectivity index (χ0v) is 21.9. The molecule has 192 valence electrons. The van der Waals surface area contributed by atoms with Crippen LogP contribution in [-0.4, -0.2) is 34.3 Å². The van der Waals surface area contributed by atoms with E-state index in [0.29, 0.717) is 40.3 Å². The van der Waals surface area contributed by atoms with Gasteiger partial charge in [0.25, 0.3) is 0 Å². The van der Waals surface area contributed by atoms with Gasteiger partial charge in [-0.3, -0.25) is 28.9 Å². The first-order chi connectivity index (χ1) is 18.2. The maximum atomic E-state index is 13.9. The molecule has 1 aliphatic heterocycles. The monoisotopic (exact) mass is 575 g/mol. The van der Waals surface area contributed by atoms with Gasteiger partial charge in [-0.1, -0.05) is 11.6 Å². The fraction of sp³-hybridized carbons (Fsp3) is 0.276. The molecule has 38 heavy (non-hydrogen) atoms. The van der Waals surface area contributed by atoms with Crippen molar-refractivity contribution < 1.29 is 33.5 Å². The number of rotatable bonds is 4. The summed E-state index contributed by atoms with van der Waals surface area (Å²) in [5.41, 5.74) is 2.26. The summed E-state index contributed by atoms with van der Waals surface area (Å²) < 4.78 is 6.00. The number of benzene rings is 1. The van der Waals surface area contributed by atoms with E-state index in [1.165, 1.54) is 17.9 Å². The molecule has 0 saturated carbocycles. The van der Waals surface area contributed by atoms with Crippen LogP contribution in [-0.2, 0) is 25.8 Å². The molecule has 2 amide bonds. The molecule has 4 atom stereocenters. The molecule has 0 radical (unpaired) electrons. The van der Waals surface area contributed by atoms with Gasteiger partial charge < -0.3 is 9.52 Å². The Hall–Kier alpha value is -3.69. The van der Waals surface area contributed by atoms with Crippen molar-refractivity contribution in [2.45, 2.75) is 32.3 Å². The van der Waals surface area contributed by atoms with Gasteiger partial charge in [0, 0.05) is 22.8 Å². The lowest BCUT2D eigenvalue weighted by Gasteiger charge is -2.41. The SMILES string of the molecule is CC(=O)c1ccc(N2C(=O)C3CC=C4C(c5ccc(CO)o5)C5=C(CC4C3C2=O)C(=O)C(Br)=CC5=O)cc1. The summed E-state index contributed by atoms with van der Waals surface area (Å²) in [6.45, 7) is 1.12. The molecule has 1 aromatic carbocycles. The number of Topliss-reactive ketones (excluding diaryl/α,β-unsaturated/α-hetero) is 2. The number of furan rings is 1. The average Bonchev–Trinajstić information content (AvgIpc) is 3.48. The normalized spacial score (nSPS) is 26.7. The van der Waals surface area contributed by atoms with Gasteiger partial charge in [-0.25, -0.2) is 0 Å². The fourth-order valence-corrected chi connectivity index (χ4v) is 6.72. The number of amides is 2. The van der Waals surface area contributed by atoms with Gasteiger partial charge in [-0.15, -0.1) is 0 Å². The van der Waals surface area contributed by atoms with E-state index in [4.69, 9.17) is 4.42 Å². The van der Waals surface area contributed by atoms with Crippen molar-refractivity contribution in [3.8, 4) is 0 Å². The number of carbonyl (C=O) groups excluding carboxylic acids is 5. The highest BCUT2D eigenvalue weighted by atomic mass is 79.9. The Kier molecular flexibility index (Phi) is 5.81. The summed E-state index contributed by atoms with van der Waals surface area (Å²) in [7, 11) is 0. The van der Waals surface area contributed by atoms with E-state index in [0.717, 1.165) is 5.57 Å². The van der Waals surface area contributed by atoms with Crippen molar-refractivity contribution >= 4 is 50.8 Å². The van der Waals surface area contributed by atoms with E-state index >= 15 is 0 Å². The van der Waals surface area contributed by atoms with E-state index in [1.807, 2.05) is 6.08 Å². The van der Waals surface area contributed by atoms with Crippen LogP contribution in [0.4, 0.5) is 5.69 Å². The van der Waals surface area contributed by atoms with Gasteiger partial charge in [0.15, 0.2) is 17.3 Å². The quantitative estimate of drug-likeness (QED) is 0.253. The first-order valence-electron chi connectivity index (χ1n) is 12.3. The third-order valence-corrected chi connectivity index (χ3v) is 8.58. The highest BCUT2D eigenvalue weighted by Crippen LogP contribution is 2.55. The Morgan fingerprint density at radius 2 is 1.79 bits per heavy atom. The molecule has 3 aliphatic carbocycles. The molecule has 0 bridgehead atoms. The Morgan fingerprint density at radius 1 is 1.05 bits per heavy atom. The number of hydrogen-bond donors (Lipinski definition) is 1. The third-order valence-electron chi connectivity index (χ3n) is 7.99. The average molecular weight is 576 g/mol. The lowest BCUT2D eigenvalue weighted by Crippen LogP contribution is -2.39. The van der Waals surface area contributed by atoms with Crippen molar-refractivity contribution in [3.63, 3.8) is 0 Å². The van der Waals surface area contributed by atoms with Crippen LogP contribution in [0.15, 0.2) is 74.2 Å². The zero-order chi connectivity index (χ0) is 26.9.